The van der Waals surface area contributed by atoms with E-state index in [9.17, 15) is 18.8 Å². The summed E-state index contributed by atoms with van der Waals surface area (Å²) in [5.74, 6) is 2.50. The Labute approximate surface area is 174 Å². The average molecular weight is 455 g/mol. The van der Waals surface area contributed by atoms with Crippen molar-refractivity contribution >= 4 is 25.3 Å². The number of aromatic hydroxyl groups is 1. The van der Waals surface area contributed by atoms with Gasteiger partial charge in [-0.25, -0.2) is 0 Å². The first-order valence-corrected chi connectivity index (χ1v) is 15.6. The molecule has 2 aromatic carbocycles. The summed E-state index contributed by atoms with van der Waals surface area (Å²) < 4.78 is 30.5. The topological polar surface area (TPSA) is 83.8 Å². The molecule has 2 aliphatic heterocycles. The second kappa shape index (κ2) is 7.45. The van der Waals surface area contributed by atoms with Crippen molar-refractivity contribution in [1.29, 1.82) is 0 Å². The van der Waals surface area contributed by atoms with Crippen LogP contribution in [-0.2, 0) is 28.9 Å². The standard InChI is InChI=1S/C21H27O5PS2/c1-14-8-17(26-13-27(3,23)24)9-15(2)19(14)10-16-4-5-20(22)21(11-16)29(25)7-6-18-12-28(18)29/h4-5,8-9,11,18,22H,6-7,10,12-13H2,1-3H3,(H,23,24)/t18-,28?,29?/m0/s1. The lowest BCUT2D eigenvalue weighted by Gasteiger charge is -2.16. The Balaban J connectivity index is 1.62. The first-order valence-electron chi connectivity index (χ1n) is 9.63. The predicted octanol–water partition coefficient (Wildman–Crippen LogP) is 3.80. The van der Waals surface area contributed by atoms with Gasteiger partial charge >= 0.3 is 0 Å². The van der Waals surface area contributed by atoms with Crippen molar-refractivity contribution in [3.05, 3.63) is 52.6 Å². The predicted molar refractivity (Wildman–Crippen MR) is 120 cm³/mol. The molecule has 2 aromatic rings. The van der Waals surface area contributed by atoms with Crippen molar-refractivity contribution in [1.82, 2.24) is 0 Å². The Morgan fingerprint density at radius 1 is 1.24 bits per heavy atom. The normalized spacial score (nSPS) is 27.3. The molecule has 5 nitrogen and oxygen atoms in total. The van der Waals surface area contributed by atoms with Crippen molar-refractivity contribution in [2.24, 2.45) is 0 Å². The number of benzene rings is 2. The molecule has 29 heavy (non-hydrogen) atoms. The number of fused-ring (bicyclic) bond motifs is 1. The summed E-state index contributed by atoms with van der Waals surface area (Å²) in [7, 11) is -5.39. The van der Waals surface area contributed by atoms with Crippen molar-refractivity contribution < 1.29 is 23.5 Å². The van der Waals surface area contributed by atoms with Gasteiger partial charge in [0.05, 0.1) is 4.90 Å². The zero-order chi connectivity index (χ0) is 21.0. The summed E-state index contributed by atoms with van der Waals surface area (Å²) in [6.45, 7) is 5.27. The second-order valence-corrected chi connectivity index (χ2v) is 17.2. The second-order valence-electron chi connectivity index (χ2n) is 8.12. The summed E-state index contributed by atoms with van der Waals surface area (Å²) >= 11 is 0. The highest BCUT2D eigenvalue weighted by Crippen LogP contribution is 2.41. The van der Waals surface area contributed by atoms with Gasteiger partial charge in [-0.1, -0.05) is 6.07 Å². The summed E-state index contributed by atoms with van der Waals surface area (Å²) in [4.78, 5) is 10.1. The van der Waals surface area contributed by atoms with Crippen molar-refractivity contribution in [3.8, 4) is 11.5 Å². The number of hydrogen-bond donors (Lipinski definition) is 2. The average Bonchev–Trinajstić information content (AvgIpc) is 3.36. The van der Waals surface area contributed by atoms with Crippen LogP contribution >= 0.6 is 7.37 Å². The van der Waals surface area contributed by atoms with Gasteiger partial charge in [0.25, 0.3) is 0 Å². The summed E-state index contributed by atoms with van der Waals surface area (Å²) in [6.07, 6.45) is 1.48. The molecule has 2 heterocycles. The zero-order valence-electron chi connectivity index (χ0n) is 16.9. The first kappa shape index (κ1) is 21.0. The number of phenols is 1. The molecule has 0 amide bonds. The number of rotatable bonds is 6. The maximum Gasteiger partial charge on any atom is 0.233 e. The SMILES string of the molecule is Cc1cc(OCP(C)(=O)O)cc(C)c1Cc1ccc(O)c(S2(=O)=S3C[C@@H]3CC2)c1. The van der Waals surface area contributed by atoms with E-state index >= 15 is 0 Å². The van der Waals surface area contributed by atoms with Crippen LogP contribution in [0, 0.1) is 13.8 Å². The van der Waals surface area contributed by atoms with Crippen LogP contribution in [0.5, 0.6) is 11.5 Å². The Kier molecular flexibility index (Phi) is 5.39. The molecule has 0 saturated carbocycles. The molecule has 0 radical (unpaired) electrons. The first-order chi connectivity index (χ1) is 13.6. The molecule has 8 heteroatoms. The molecule has 158 valence electrons. The maximum absolute atomic E-state index is 13.5. The van der Waals surface area contributed by atoms with E-state index in [0.717, 1.165) is 34.4 Å². The van der Waals surface area contributed by atoms with Gasteiger partial charge in [-0.15, -0.1) is 9.45 Å². The molecule has 2 aliphatic rings. The lowest BCUT2D eigenvalue weighted by Crippen LogP contribution is -2.07. The number of aryl methyl sites for hydroxylation is 2. The van der Waals surface area contributed by atoms with Gasteiger partial charge in [-0.3, -0.25) is 8.77 Å². The summed E-state index contributed by atoms with van der Waals surface area (Å²) in [5, 5.41) is 11.0. The molecule has 4 atom stereocenters. The molecule has 1 saturated heterocycles. The molecule has 0 spiro atoms. The van der Waals surface area contributed by atoms with Gasteiger partial charge < -0.3 is 14.7 Å². The Hall–Kier alpha value is -1.27. The van der Waals surface area contributed by atoms with Crippen molar-refractivity contribution in [2.45, 2.75) is 36.8 Å². The quantitative estimate of drug-likeness (QED) is 0.512. The number of phenolic OH excluding ortho intramolecular Hbond substituents is 1. The molecular weight excluding hydrogens is 427 g/mol. The van der Waals surface area contributed by atoms with Crippen LogP contribution < -0.4 is 4.74 Å². The Morgan fingerprint density at radius 2 is 1.93 bits per heavy atom. The highest BCUT2D eigenvalue weighted by atomic mass is 32.9. The minimum absolute atomic E-state index is 0.0393. The molecule has 0 aliphatic carbocycles. The van der Waals surface area contributed by atoms with Crippen LogP contribution in [0.15, 0.2) is 35.2 Å². The molecule has 3 unspecified atom stereocenters. The van der Waals surface area contributed by atoms with E-state index < -0.39 is 15.9 Å². The van der Waals surface area contributed by atoms with Gasteiger partial charge in [0.2, 0.25) is 7.37 Å². The van der Waals surface area contributed by atoms with Crippen LogP contribution in [0.1, 0.15) is 28.7 Å². The van der Waals surface area contributed by atoms with Crippen LogP contribution in [0.2, 0.25) is 0 Å². The monoisotopic (exact) mass is 454 g/mol. The third-order valence-corrected chi connectivity index (χ3v) is 14.4. The van der Waals surface area contributed by atoms with Gasteiger partial charge in [-0.2, -0.15) is 0 Å². The van der Waals surface area contributed by atoms with E-state index in [-0.39, 0.29) is 21.6 Å². The highest BCUT2D eigenvalue weighted by molar-refractivity contribution is 8.51. The summed E-state index contributed by atoms with van der Waals surface area (Å²) in [5.41, 5.74) is 4.24. The smallest absolute Gasteiger partial charge is 0.233 e. The van der Waals surface area contributed by atoms with E-state index in [1.165, 1.54) is 6.66 Å². The number of ether oxygens (including phenoxy) is 1. The summed E-state index contributed by atoms with van der Waals surface area (Å²) in [6, 6.07) is 9.28. The highest BCUT2D eigenvalue weighted by Gasteiger charge is 2.42. The third-order valence-electron chi connectivity index (χ3n) is 5.54. The Morgan fingerprint density at radius 3 is 2.48 bits per heavy atom. The molecule has 4 rings (SSSR count). The van der Waals surface area contributed by atoms with Gasteiger partial charge in [0, 0.05) is 31.9 Å². The van der Waals surface area contributed by atoms with E-state index in [4.69, 9.17) is 4.74 Å². The largest absolute Gasteiger partial charge is 0.507 e. The fourth-order valence-corrected chi connectivity index (χ4v) is 13.2. The molecule has 0 bridgehead atoms. The molecule has 2 N–H and O–H groups in total. The van der Waals surface area contributed by atoms with E-state index in [1.54, 1.807) is 6.07 Å². The lowest BCUT2D eigenvalue weighted by molar-refractivity contribution is 0.352. The fourth-order valence-electron chi connectivity index (χ4n) is 3.94. The van der Waals surface area contributed by atoms with Crippen LogP contribution in [0.3, 0.4) is 0 Å². The fraction of sp³-hybridized carbons (Fsp3) is 0.429. The van der Waals surface area contributed by atoms with Crippen LogP contribution in [0.4, 0.5) is 0 Å². The number of hydrogen-bond acceptors (Lipinski definition) is 4. The third kappa shape index (κ3) is 4.29. The van der Waals surface area contributed by atoms with E-state index in [0.29, 0.717) is 28.1 Å². The van der Waals surface area contributed by atoms with E-state index in [2.05, 4.69) is 0 Å². The molecular formula is C21H27O5PS2. The van der Waals surface area contributed by atoms with Crippen molar-refractivity contribution in [2.75, 3.05) is 24.5 Å². The molecule has 0 aromatic heterocycles. The minimum atomic E-state index is -3.23. The van der Waals surface area contributed by atoms with Crippen molar-refractivity contribution in [3.63, 3.8) is 0 Å². The van der Waals surface area contributed by atoms with Gasteiger partial charge in [0.1, 0.15) is 11.5 Å². The van der Waals surface area contributed by atoms with Gasteiger partial charge in [-0.05, 0) is 73.2 Å². The lowest BCUT2D eigenvalue weighted by atomic mass is 9.96. The van der Waals surface area contributed by atoms with Crippen LogP contribution in [-0.4, -0.2) is 44.0 Å². The molecule has 1 fully saturated rings. The zero-order valence-corrected chi connectivity index (χ0v) is 19.4. The Bertz CT molecular complexity index is 1130. The van der Waals surface area contributed by atoms with E-state index in [1.807, 2.05) is 38.1 Å². The van der Waals surface area contributed by atoms with Gasteiger partial charge in [0.15, 0.2) is 6.35 Å². The maximum atomic E-state index is 13.5. The van der Waals surface area contributed by atoms with Crippen LogP contribution in [0.25, 0.3) is 0 Å². The minimum Gasteiger partial charge on any atom is -0.507 e.